The highest BCUT2D eigenvalue weighted by Crippen LogP contribution is 2.18. The molecular formula is C14H19N3O5. The third-order valence-corrected chi connectivity index (χ3v) is 3.00. The van der Waals surface area contributed by atoms with Gasteiger partial charge >= 0.3 is 5.97 Å². The van der Waals surface area contributed by atoms with Crippen LogP contribution in [0.1, 0.15) is 12.5 Å². The van der Waals surface area contributed by atoms with Gasteiger partial charge in [0.2, 0.25) is 0 Å². The summed E-state index contributed by atoms with van der Waals surface area (Å²) in [5.41, 5.74) is 7.68. The van der Waals surface area contributed by atoms with Crippen molar-refractivity contribution in [1.29, 1.82) is 0 Å². The second-order valence-corrected chi connectivity index (χ2v) is 4.83. The van der Waals surface area contributed by atoms with E-state index in [4.69, 9.17) is 15.0 Å². The summed E-state index contributed by atoms with van der Waals surface area (Å²) < 4.78 is 15.0. The van der Waals surface area contributed by atoms with Crippen molar-refractivity contribution in [2.75, 3.05) is 20.8 Å². The number of azide groups is 1. The van der Waals surface area contributed by atoms with Gasteiger partial charge in [-0.3, -0.25) is 4.79 Å². The highest BCUT2D eigenvalue weighted by Gasteiger charge is 2.38. The molecule has 0 saturated carbocycles. The van der Waals surface area contributed by atoms with Crippen molar-refractivity contribution in [3.05, 3.63) is 40.3 Å². The molecule has 0 fully saturated rings. The zero-order valence-corrected chi connectivity index (χ0v) is 12.7. The number of benzene rings is 1. The van der Waals surface area contributed by atoms with Crippen LogP contribution in [0, 0.1) is 0 Å². The van der Waals surface area contributed by atoms with Gasteiger partial charge in [0.15, 0.2) is 6.04 Å². The first-order valence-corrected chi connectivity index (χ1v) is 6.49. The standard InChI is InChI=1S/C14H19N3O5/c1-14(19,12(16-17-15)13(18)21-3)9-22-8-10-4-6-11(20-2)7-5-10/h4-7,12,19H,8-9H2,1-3H3/t12-,14-/m1/s1. The molecule has 1 aromatic rings. The number of carbonyl (C=O) groups is 1. The third kappa shape index (κ3) is 4.92. The average molecular weight is 309 g/mol. The molecule has 0 aromatic heterocycles. The molecule has 0 heterocycles. The monoisotopic (exact) mass is 309 g/mol. The summed E-state index contributed by atoms with van der Waals surface area (Å²) in [7, 11) is 2.72. The molecule has 1 aromatic carbocycles. The molecule has 8 heteroatoms. The lowest BCUT2D eigenvalue weighted by molar-refractivity contribution is -0.151. The van der Waals surface area contributed by atoms with Gasteiger partial charge in [-0.05, 0) is 30.2 Å². The van der Waals surface area contributed by atoms with E-state index >= 15 is 0 Å². The summed E-state index contributed by atoms with van der Waals surface area (Å²) in [6, 6.07) is 5.83. The average Bonchev–Trinajstić information content (AvgIpc) is 2.52. The highest BCUT2D eigenvalue weighted by atomic mass is 16.5. The number of esters is 1. The Kier molecular flexibility index (Phi) is 6.65. The molecule has 1 rings (SSSR count). The minimum atomic E-state index is -1.67. The Bertz CT molecular complexity index is 538. The minimum Gasteiger partial charge on any atom is -0.497 e. The number of rotatable bonds is 8. The van der Waals surface area contributed by atoms with Crippen molar-refractivity contribution in [1.82, 2.24) is 0 Å². The van der Waals surface area contributed by atoms with E-state index in [1.165, 1.54) is 6.92 Å². The molecule has 2 atom stereocenters. The number of aliphatic hydroxyl groups is 1. The summed E-state index contributed by atoms with van der Waals surface area (Å²) >= 11 is 0. The number of methoxy groups -OCH3 is 2. The highest BCUT2D eigenvalue weighted by molar-refractivity contribution is 5.77. The first-order chi connectivity index (χ1) is 10.4. The molecule has 0 saturated heterocycles. The fraction of sp³-hybridized carbons (Fsp3) is 0.500. The Balaban J connectivity index is 2.63. The van der Waals surface area contributed by atoms with Crippen LogP contribution in [0.2, 0.25) is 0 Å². The van der Waals surface area contributed by atoms with Gasteiger partial charge in [0.25, 0.3) is 0 Å². The molecule has 1 N–H and O–H groups in total. The number of hydrogen-bond donors (Lipinski definition) is 1. The molecule has 0 bridgehead atoms. The quantitative estimate of drug-likeness (QED) is 0.340. The lowest BCUT2D eigenvalue weighted by Gasteiger charge is -2.27. The van der Waals surface area contributed by atoms with Crippen molar-refractivity contribution in [2.24, 2.45) is 5.11 Å². The molecule has 0 unspecified atom stereocenters. The van der Waals surface area contributed by atoms with E-state index in [1.807, 2.05) is 12.1 Å². The minimum absolute atomic E-state index is 0.197. The van der Waals surface area contributed by atoms with Crippen LogP contribution in [0.3, 0.4) is 0 Å². The Labute approximate surface area is 128 Å². The number of ether oxygens (including phenoxy) is 3. The van der Waals surface area contributed by atoms with Gasteiger partial charge in [-0.2, -0.15) is 0 Å². The Morgan fingerprint density at radius 2 is 2.05 bits per heavy atom. The van der Waals surface area contributed by atoms with Crippen LogP contribution in [0.4, 0.5) is 0 Å². The molecule has 0 spiro atoms. The van der Waals surface area contributed by atoms with Crippen LogP contribution in [0.15, 0.2) is 29.4 Å². The molecule has 22 heavy (non-hydrogen) atoms. The molecule has 8 nitrogen and oxygen atoms in total. The fourth-order valence-electron chi connectivity index (χ4n) is 1.76. The molecule has 120 valence electrons. The van der Waals surface area contributed by atoms with Crippen LogP contribution in [-0.4, -0.2) is 43.5 Å². The molecule has 0 radical (unpaired) electrons. The van der Waals surface area contributed by atoms with Gasteiger partial charge in [0, 0.05) is 4.91 Å². The van der Waals surface area contributed by atoms with Gasteiger partial charge in [-0.25, -0.2) is 0 Å². The van der Waals surface area contributed by atoms with E-state index in [0.29, 0.717) is 0 Å². The second-order valence-electron chi connectivity index (χ2n) is 4.83. The number of carbonyl (C=O) groups excluding carboxylic acids is 1. The van der Waals surface area contributed by atoms with Gasteiger partial charge in [-0.1, -0.05) is 17.2 Å². The summed E-state index contributed by atoms with van der Waals surface area (Å²) in [5, 5.41) is 13.5. The summed E-state index contributed by atoms with van der Waals surface area (Å²) in [4.78, 5) is 14.1. The first-order valence-electron chi connectivity index (χ1n) is 6.49. The SMILES string of the molecule is COC(=O)[C@@H](N=[N+]=[N-])[C@](C)(O)COCc1ccc(OC)cc1. The molecule has 0 aliphatic carbocycles. The van der Waals surface area contributed by atoms with Crippen molar-refractivity contribution in [2.45, 2.75) is 25.2 Å². The lowest BCUT2D eigenvalue weighted by Crippen LogP contribution is -2.47. The smallest absolute Gasteiger partial charge is 0.317 e. The van der Waals surface area contributed by atoms with E-state index in [2.05, 4.69) is 14.8 Å². The van der Waals surface area contributed by atoms with Crippen LogP contribution in [0.5, 0.6) is 5.75 Å². The van der Waals surface area contributed by atoms with Gasteiger partial charge < -0.3 is 19.3 Å². The zero-order valence-electron chi connectivity index (χ0n) is 12.7. The van der Waals surface area contributed by atoms with Crippen LogP contribution in [0.25, 0.3) is 10.4 Å². The van der Waals surface area contributed by atoms with Gasteiger partial charge in [0.05, 0.1) is 27.4 Å². The van der Waals surface area contributed by atoms with E-state index in [9.17, 15) is 9.90 Å². The van der Waals surface area contributed by atoms with Crippen LogP contribution >= 0.6 is 0 Å². The molecule has 0 aliphatic heterocycles. The van der Waals surface area contributed by atoms with E-state index in [-0.39, 0.29) is 13.2 Å². The number of hydrogen-bond acceptors (Lipinski definition) is 6. The second kappa shape index (κ2) is 8.23. The fourth-order valence-corrected chi connectivity index (χ4v) is 1.76. The predicted octanol–water partition coefficient (Wildman–Crippen LogP) is 1.81. The first kappa shape index (κ1) is 17.8. The third-order valence-electron chi connectivity index (χ3n) is 3.00. The Morgan fingerprint density at radius 3 is 2.55 bits per heavy atom. The van der Waals surface area contributed by atoms with Crippen molar-refractivity contribution >= 4 is 5.97 Å². The summed E-state index contributed by atoms with van der Waals surface area (Å²) in [5.74, 6) is -0.0966. The maximum absolute atomic E-state index is 11.5. The molecular weight excluding hydrogens is 290 g/mol. The van der Waals surface area contributed by atoms with Gasteiger partial charge in [0.1, 0.15) is 11.4 Å². The lowest BCUT2D eigenvalue weighted by atomic mass is 9.98. The maximum Gasteiger partial charge on any atom is 0.317 e. The number of nitrogens with zero attached hydrogens (tertiary/aromatic N) is 3. The predicted molar refractivity (Wildman–Crippen MR) is 78.2 cm³/mol. The van der Waals surface area contributed by atoms with Crippen LogP contribution < -0.4 is 4.74 Å². The molecule has 0 aliphatic rings. The Morgan fingerprint density at radius 1 is 1.41 bits per heavy atom. The van der Waals surface area contributed by atoms with E-state index in [1.54, 1.807) is 19.2 Å². The summed E-state index contributed by atoms with van der Waals surface area (Å²) in [6.07, 6.45) is 0. The van der Waals surface area contributed by atoms with Crippen molar-refractivity contribution < 1.29 is 24.1 Å². The van der Waals surface area contributed by atoms with Crippen molar-refractivity contribution in [3.63, 3.8) is 0 Å². The summed E-state index contributed by atoms with van der Waals surface area (Å²) in [6.45, 7) is 1.37. The zero-order chi connectivity index (χ0) is 16.6. The van der Waals surface area contributed by atoms with Crippen molar-refractivity contribution in [3.8, 4) is 5.75 Å². The van der Waals surface area contributed by atoms with E-state index in [0.717, 1.165) is 18.4 Å². The normalized spacial score (nSPS) is 14.4. The largest absolute Gasteiger partial charge is 0.497 e. The van der Waals surface area contributed by atoms with Gasteiger partial charge in [-0.15, -0.1) is 0 Å². The van der Waals surface area contributed by atoms with E-state index < -0.39 is 17.6 Å². The topological polar surface area (TPSA) is 114 Å². The Hall–Kier alpha value is -2.28. The maximum atomic E-state index is 11.5. The molecule has 0 amide bonds. The van der Waals surface area contributed by atoms with Crippen LogP contribution in [-0.2, 0) is 20.9 Å².